The zero-order chi connectivity index (χ0) is 12.8. The van der Waals surface area contributed by atoms with Gasteiger partial charge >= 0.3 is 0 Å². The highest BCUT2D eigenvalue weighted by Gasteiger charge is 2.27. The van der Waals surface area contributed by atoms with E-state index in [0.29, 0.717) is 6.42 Å². The summed E-state index contributed by atoms with van der Waals surface area (Å²) >= 11 is 0. The molecule has 0 saturated heterocycles. The van der Waals surface area contributed by atoms with Gasteiger partial charge in [-0.05, 0) is 22.6 Å². The second-order valence-electron chi connectivity index (χ2n) is 5.86. The van der Waals surface area contributed by atoms with Crippen molar-refractivity contribution in [3.63, 3.8) is 0 Å². The van der Waals surface area contributed by atoms with Crippen LogP contribution >= 0.6 is 0 Å². The van der Waals surface area contributed by atoms with Gasteiger partial charge in [0.25, 0.3) is 0 Å². The number of hydrogen-bond donors (Lipinski definition) is 1. The summed E-state index contributed by atoms with van der Waals surface area (Å²) in [7, 11) is 1.82. The minimum Gasteiger partial charge on any atom is -0.324 e. The van der Waals surface area contributed by atoms with Crippen molar-refractivity contribution in [1.82, 2.24) is 0 Å². The lowest BCUT2D eigenvalue weighted by Gasteiger charge is -2.27. The number of carbonyl (C=O) groups excluding carboxylic acids is 1. The molecule has 3 nitrogen and oxygen atoms in total. The Balaban J connectivity index is 2.37. The van der Waals surface area contributed by atoms with Gasteiger partial charge in [-0.1, -0.05) is 32.9 Å². The first-order valence-electron chi connectivity index (χ1n) is 5.95. The van der Waals surface area contributed by atoms with Gasteiger partial charge in [-0.25, -0.2) is 0 Å². The molecule has 0 radical (unpaired) electrons. The predicted octanol–water partition coefficient (Wildman–Crippen LogP) is 2.25. The van der Waals surface area contributed by atoms with Gasteiger partial charge in [0, 0.05) is 18.8 Å². The summed E-state index contributed by atoms with van der Waals surface area (Å²) in [6, 6.07) is 6.10. The number of hydrogen-bond acceptors (Lipinski definition) is 2. The summed E-state index contributed by atoms with van der Waals surface area (Å²) in [4.78, 5) is 13.3. The average Bonchev–Trinajstić information content (AvgIpc) is 2.52. The number of fused-ring (bicyclic) bond motifs is 1. The number of nitrogens with zero attached hydrogens (tertiary/aromatic N) is 1. The van der Waals surface area contributed by atoms with E-state index in [9.17, 15) is 4.79 Å². The normalized spacial score (nSPS) is 17.2. The number of carbonyl (C=O) groups is 1. The first-order chi connectivity index (χ1) is 7.80. The molecule has 0 aromatic heterocycles. The van der Waals surface area contributed by atoms with Gasteiger partial charge in [-0.3, -0.25) is 4.79 Å². The summed E-state index contributed by atoms with van der Waals surface area (Å²) in [6.07, 6.45) is 0.497. The van der Waals surface area contributed by atoms with Crippen LogP contribution in [0.15, 0.2) is 18.2 Å². The van der Waals surface area contributed by atoms with Crippen LogP contribution in [0.5, 0.6) is 0 Å². The number of amides is 1. The van der Waals surface area contributed by atoms with Crippen LogP contribution in [0.25, 0.3) is 0 Å². The van der Waals surface area contributed by atoms with Crippen molar-refractivity contribution in [3.05, 3.63) is 29.3 Å². The Morgan fingerprint density at radius 1 is 1.35 bits per heavy atom. The first-order valence-corrected chi connectivity index (χ1v) is 5.95. The molecule has 1 aromatic rings. The Morgan fingerprint density at radius 3 is 2.59 bits per heavy atom. The van der Waals surface area contributed by atoms with Crippen LogP contribution in [0.4, 0.5) is 5.69 Å². The Kier molecular flexibility index (Phi) is 2.74. The third-order valence-corrected chi connectivity index (χ3v) is 3.47. The Morgan fingerprint density at radius 2 is 2.00 bits per heavy atom. The smallest absolute Gasteiger partial charge is 0.231 e. The van der Waals surface area contributed by atoms with Crippen molar-refractivity contribution in [1.29, 1.82) is 0 Å². The molecule has 0 saturated carbocycles. The molecule has 2 rings (SSSR count). The van der Waals surface area contributed by atoms with Crippen LogP contribution in [0.3, 0.4) is 0 Å². The lowest BCUT2D eigenvalue weighted by atomic mass is 9.82. The van der Waals surface area contributed by atoms with E-state index in [0.717, 1.165) is 16.8 Å². The van der Waals surface area contributed by atoms with E-state index in [-0.39, 0.29) is 17.4 Å². The van der Waals surface area contributed by atoms with Crippen LogP contribution in [0.2, 0.25) is 0 Å². The Labute approximate surface area is 103 Å². The molecule has 92 valence electrons. The molecule has 0 bridgehead atoms. The molecule has 3 heteroatoms. The molecule has 17 heavy (non-hydrogen) atoms. The molecule has 1 amide bonds. The van der Waals surface area contributed by atoms with E-state index in [4.69, 9.17) is 5.73 Å². The molecular weight excluding hydrogens is 212 g/mol. The number of likely N-dealkylation sites (N-methyl/N-ethyl adjacent to an activating group) is 1. The lowest BCUT2D eigenvalue weighted by molar-refractivity contribution is -0.117. The maximum atomic E-state index is 11.6. The largest absolute Gasteiger partial charge is 0.324 e. The third kappa shape index (κ3) is 2.07. The SMILES string of the molecule is CN1C(=O)Cc2cc(C(N)C(C)(C)C)ccc21. The topological polar surface area (TPSA) is 46.3 Å². The maximum Gasteiger partial charge on any atom is 0.231 e. The van der Waals surface area contributed by atoms with Crippen molar-refractivity contribution < 1.29 is 4.79 Å². The van der Waals surface area contributed by atoms with Crippen LogP contribution in [0.1, 0.15) is 37.9 Å². The van der Waals surface area contributed by atoms with E-state index >= 15 is 0 Å². The van der Waals surface area contributed by atoms with Gasteiger partial charge in [0.2, 0.25) is 5.91 Å². The van der Waals surface area contributed by atoms with E-state index in [1.807, 2.05) is 19.2 Å². The Hall–Kier alpha value is -1.35. The minimum absolute atomic E-state index is 0.00573. The van der Waals surface area contributed by atoms with Crippen LogP contribution in [0, 0.1) is 5.41 Å². The molecule has 0 aliphatic carbocycles. The van der Waals surface area contributed by atoms with Gasteiger partial charge < -0.3 is 10.6 Å². The van der Waals surface area contributed by atoms with E-state index in [2.05, 4.69) is 26.8 Å². The van der Waals surface area contributed by atoms with E-state index in [1.54, 1.807) is 4.90 Å². The third-order valence-electron chi connectivity index (χ3n) is 3.47. The van der Waals surface area contributed by atoms with Crippen molar-refractivity contribution >= 4 is 11.6 Å². The van der Waals surface area contributed by atoms with Gasteiger partial charge in [0.1, 0.15) is 0 Å². The van der Waals surface area contributed by atoms with Gasteiger partial charge in [-0.15, -0.1) is 0 Å². The first kappa shape index (κ1) is 12.1. The zero-order valence-electron chi connectivity index (χ0n) is 10.9. The summed E-state index contributed by atoms with van der Waals surface area (Å²) in [5.74, 6) is 0.154. The summed E-state index contributed by atoms with van der Waals surface area (Å²) in [5.41, 5.74) is 9.48. The van der Waals surface area contributed by atoms with Crippen molar-refractivity contribution in [3.8, 4) is 0 Å². The molecule has 1 aliphatic rings. The number of nitrogens with two attached hydrogens (primary N) is 1. The predicted molar refractivity (Wildman–Crippen MR) is 69.9 cm³/mol. The zero-order valence-corrected chi connectivity index (χ0v) is 10.9. The van der Waals surface area contributed by atoms with Crippen LogP contribution in [-0.4, -0.2) is 13.0 Å². The van der Waals surface area contributed by atoms with Gasteiger partial charge in [0.15, 0.2) is 0 Å². The molecule has 1 aliphatic heterocycles. The maximum absolute atomic E-state index is 11.6. The van der Waals surface area contributed by atoms with Crippen LogP contribution in [-0.2, 0) is 11.2 Å². The second-order valence-corrected chi connectivity index (χ2v) is 5.86. The fraction of sp³-hybridized carbons (Fsp3) is 0.500. The number of benzene rings is 1. The van der Waals surface area contributed by atoms with Gasteiger partial charge in [0.05, 0.1) is 6.42 Å². The monoisotopic (exact) mass is 232 g/mol. The quantitative estimate of drug-likeness (QED) is 0.807. The molecule has 1 atom stereocenters. The molecule has 1 aromatic carbocycles. The van der Waals surface area contributed by atoms with Crippen molar-refractivity contribution in [2.24, 2.45) is 11.1 Å². The molecule has 1 unspecified atom stereocenters. The summed E-state index contributed by atoms with van der Waals surface area (Å²) in [6.45, 7) is 6.38. The van der Waals surface area contributed by atoms with E-state index in [1.165, 1.54) is 0 Å². The molecular formula is C14H20N2O. The van der Waals surface area contributed by atoms with Crippen molar-refractivity contribution in [2.75, 3.05) is 11.9 Å². The summed E-state index contributed by atoms with van der Waals surface area (Å²) < 4.78 is 0. The van der Waals surface area contributed by atoms with Crippen LogP contribution < -0.4 is 10.6 Å². The standard InChI is InChI=1S/C14H20N2O/c1-14(2,3)13(15)9-5-6-11-10(7-9)8-12(17)16(11)4/h5-7,13H,8,15H2,1-4H3. The fourth-order valence-electron chi connectivity index (χ4n) is 2.18. The van der Waals surface area contributed by atoms with Gasteiger partial charge in [-0.2, -0.15) is 0 Å². The minimum atomic E-state index is -0.00573. The molecule has 2 N–H and O–H groups in total. The fourth-order valence-corrected chi connectivity index (χ4v) is 2.18. The Bertz CT molecular complexity index is 460. The highest BCUT2D eigenvalue weighted by Crippen LogP contribution is 2.35. The number of rotatable bonds is 1. The molecule has 1 heterocycles. The highest BCUT2D eigenvalue weighted by molar-refractivity contribution is 6.00. The lowest BCUT2D eigenvalue weighted by Crippen LogP contribution is -2.26. The molecule has 0 spiro atoms. The number of anilines is 1. The summed E-state index contributed by atoms with van der Waals surface area (Å²) in [5, 5.41) is 0. The highest BCUT2D eigenvalue weighted by atomic mass is 16.2. The van der Waals surface area contributed by atoms with E-state index < -0.39 is 0 Å². The average molecular weight is 232 g/mol. The second kappa shape index (κ2) is 3.84. The molecule has 0 fully saturated rings. The van der Waals surface area contributed by atoms with Crippen molar-refractivity contribution in [2.45, 2.75) is 33.2 Å².